The molecule has 1 heterocycles. The topological polar surface area (TPSA) is 21.3 Å². The molecular formula is C19H22ClNO. The van der Waals surface area contributed by atoms with E-state index >= 15 is 0 Å². The lowest BCUT2D eigenvalue weighted by Gasteiger charge is -2.19. The number of ether oxygens (including phenoxy) is 1. The van der Waals surface area contributed by atoms with Gasteiger partial charge in [-0.2, -0.15) is 0 Å². The van der Waals surface area contributed by atoms with Gasteiger partial charge in [0.1, 0.15) is 5.75 Å². The maximum Gasteiger partial charge on any atom is 0.124 e. The first-order valence-corrected chi connectivity index (χ1v) is 7.99. The van der Waals surface area contributed by atoms with Gasteiger partial charge in [-0.3, -0.25) is 0 Å². The molecule has 1 atom stereocenters. The predicted molar refractivity (Wildman–Crippen MR) is 93.2 cm³/mol. The molecule has 0 spiro atoms. The maximum atomic E-state index is 6.17. The van der Waals surface area contributed by atoms with Gasteiger partial charge >= 0.3 is 0 Å². The van der Waals surface area contributed by atoms with Gasteiger partial charge in [-0.25, -0.2) is 0 Å². The average molecular weight is 316 g/mol. The molecule has 2 aromatic rings. The zero-order valence-electron chi connectivity index (χ0n) is 13.5. The summed E-state index contributed by atoms with van der Waals surface area (Å²) in [5.41, 5.74) is 5.22. The number of nitrogens with one attached hydrogen (secondary N) is 1. The highest BCUT2D eigenvalue weighted by molar-refractivity contribution is 6.30. The van der Waals surface area contributed by atoms with Crippen LogP contribution in [0.5, 0.6) is 5.75 Å². The van der Waals surface area contributed by atoms with Crippen molar-refractivity contribution in [1.29, 1.82) is 0 Å². The van der Waals surface area contributed by atoms with E-state index < -0.39 is 0 Å². The van der Waals surface area contributed by atoms with Crippen LogP contribution >= 0.6 is 11.6 Å². The summed E-state index contributed by atoms with van der Waals surface area (Å²) in [6.07, 6.45) is 0.954. The first kappa shape index (κ1) is 15.2. The summed E-state index contributed by atoms with van der Waals surface area (Å²) in [6, 6.07) is 12.7. The van der Waals surface area contributed by atoms with Gasteiger partial charge in [0, 0.05) is 16.3 Å². The van der Waals surface area contributed by atoms with Crippen molar-refractivity contribution in [1.82, 2.24) is 0 Å². The van der Waals surface area contributed by atoms with Gasteiger partial charge in [0.25, 0.3) is 0 Å². The second-order valence-corrected chi connectivity index (χ2v) is 7.35. The molecule has 1 aliphatic rings. The lowest BCUT2D eigenvalue weighted by Crippen LogP contribution is -2.10. The molecule has 1 N–H and O–H groups in total. The minimum Gasteiger partial charge on any atom is -0.496 e. The Morgan fingerprint density at radius 2 is 1.91 bits per heavy atom. The molecule has 1 unspecified atom stereocenters. The number of rotatable bonds is 2. The Bertz CT molecular complexity index is 703. The third-order valence-corrected chi connectivity index (χ3v) is 4.53. The highest BCUT2D eigenvalue weighted by atomic mass is 35.5. The molecule has 3 rings (SSSR count). The van der Waals surface area contributed by atoms with Crippen LogP contribution in [0.1, 0.15) is 43.5 Å². The third kappa shape index (κ3) is 2.80. The molecule has 0 aromatic heterocycles. The fourth-order valence-corrected chi connectivity index (χ4v) is 3.17. The number of hydrogen-bond donors (Lipinski definition) is 1. The molecular weight excluding hydrogens is 294 g/mol. The Hall–Kier alpha value is -1.67. The number of fused-ring (bicyclic) bond motifs is 1. The van der Waals surface area contributed by atoms with Crippen LogP contribution in [0.15, 0.2) is 36.4 Å². The Labute approximate surface area is 137 Å². The highest BCUT2D eigenvalue weighted by Crippen LogP contribution is 2.40. The summed E-state index contributed by atoms with van der Waals surface area (Å²) in [6.45, 7) is 6.73. The lowest BCUT2D eigenvalue weighted by atomic mass is 9.85. The molecule has 0 saturated carbocycles. The Kier molecular flexibility index (Phi) is 3.82. The molecule has 0 aliphatic carbocycles. The minimum atomic E-state index is 0.168. The number of hydrogen-bond acceptors (Lipinski definition) is 2. The van der Waals surface area contributed by atoms with Gasteiger partial charge < -0.3 is 10.1 Å². The van der Waals surface area contributed by atoms with Gasteiger partial charge in [-0.15, -0.1) is 0 Å². The van der Waals surface area contributed by atoms with Crippen LogP contribution in [0.4, 0.5) is 5.69 Å². The highest BCUT2D eigenvalue weighted by Gasteiger charge is 2.26. The van der Waals surface area contributed by atoms with E-state index in [2.05, 4.69) is 44.3 Å². The average Bonchev–Trinajstić information content (AvgIpc) is 2.89. The maximum absolute atomic E-state index is 6.17. The van der Waals surface area contributed by atoms with Crippen molar-refractivity contribution >= 4 is 17.3 Å². The molecule has 22 heavy (non-hydrogen) atoms. The standard InChI is InChI=1S/C19H22ClNO/c1-19(2,3)13-5-7-16-12(9-13)10-17(21-16)15-11-14(20)6-8-18(15)22-4/h5-9,11,17,21H,10H2,1-4H3. The number of halogens is 1. The van der Waals surface area contributed by atoms with E-state index in [-0.39, 0.29) is 11.5 Å². The quantitative estimate of drug-likeness (QED) is 0.806. The lowest BCUT2D eigenvalue weighted by molar-refractivity contribution is 0.407. The molecule has 0 bridgehead atoms. The molecule has 1 aliphatic heterocycles. The molecule has 0 saturated heterocycles. The van der Waals surface area contributed by atoms with Crippen molar-refractivity contribution in [2.45, 2.75) is 38.6 Å². The van der Waals surface area contributed by atoms with Gasteiger partial charge in [-0.1, -0.05) is 44.5 Å². The molecule has 2 nitrogen and oxygen atoms in total. The fraction of sp³-hybridized carbons (Fsp3) is 0.368. The number of anilines is 1. The molecule has 0 amide bonds. The van der Waals surface area contributed by atoms with Gasteiger partial charge in [-0.05, 0) is 47.2 Å². The van der Waals surface area contributed by atoms with Crippen molar-refractivity contribution in [3.63, 3.8) is 0 Å². The van der Waals surface area contributed by atoms with Gasteiger partial charge in [0.2, 0.25) is 0 Å². The summed E-state index contributed by atoms with van der Waals surface area (Å²) in [4.78, 5) is 0. The van der Waals surface area contributed by atoms with Gasteiger partial charge in [0.15, 0.2) is 0 Å². The van der Waals surface area contributed by atoms with E-state index in [4.69, 9.17) is 16.3 Å². The van der Waals surface area contributed by atoms with Crippen LogP contribution in [0.3, 0.4) is 0 Å². The minimum absolute atomic E-state index is 0.168. The second-order valence-electron chi connectivity index (χ2n) is 6.91. The zero-order chi connectivity index (χ0) is 15.9. The van der Waals surface area contributed by atoms with E-state index in [1.54, 1.807) is 7.11 Å². The normalized spacial score (nSPS) is 17.0. The summed E-state index contributed by atoms with van der Waals surface area (Å²) in [5.74, 6) is 0.880. The Morgan fingerprint density at radius 1 is 1.14 bits per heavy atom. The first-order valence-electron chi connectivity index (χ1n) is 7.62. The van der Waals surface area contributed by atoms with Crippen LogP contribution in [-0.4, -0.2) is 7.11 Å². The van der Waals surface area contributed by atoms with Crippen molar-refractivity contribution in [3.05, 3.63) is 58.1 Å². The zero-order valence-corrected chi connectivity index (χ0v) is 14.3. The van der Waals surface area contributed by atoms with Crippen molar-refractivity contribution in [2.24, 2.45) is 0 Å². The Morgan fingerprint density at radius 3 is 2.59 bits per heavy atom. The molecule has 0 fully saturated rings. The van der Waals surface area contributed by atoms with E-state index in [0.29, 0.717) is 0 Å². The molecule has 116 valence electrons. The summed E-state index contributed by atoms with van der Waals surface area (Å²) in [7, 11) is 1.70. The van der Waals surface area contributed by atoms with Crippen LogP contribution in [0, 0.1) is 0 Å². The fourth-order valence-electron chi connectivity index (χ4n) is 2.99. The molecule has 2 aromatic carbocycles. The van der Waals surface area contributed by atoms with E-state index in [1.165, 1.54) is 16.8 Å². The van der Waals surface area contributed by atoms with Crippen molar-refractivity contribution in [3.8, 4) is 5.75 Å². The van der Waals surface area contributed by atoms with Crippen molar-refractivity contribution < 1.29 is 4.74 Å². The summed E-state index contributed by atoms with van der Waals surface area (Å²) in [5, 5.41) is 4.33. The SMILES string of the molecule is COc1ccc(Cl)cc1C1Cc2cc(C(C)(C)C)ccc2N1. The van der Waals surface area contributed by atoms with Crippen LogP contribution in [0.25, 0.3) is 0 Å². The van der Waals surface area contributed by atoms with Crippen LogP contribution < -0.4 is 10.1 Å². The van der Waals surface area contributed by atoms with Crippen molar-refractivity contribution in [2.75, 3.05) is 12.4 Å². The van der Waals surface area contributed by atoms with E-state index in [9.17, 15) is 0 Å². The second kappa shape index (κ2) is 5.51. The molecule has 3 heteroatoms. The monoisotopic (exact) mass is 315 g/mol. The Balaban J connectivity index is 1.93. The summed E-state index contributed by atoms with van der Waals surface area (Å²) >= 11 is 6.17. The first-order chi connectivity index (χ1) is 10.4. The van der Waals surface area contributed by atoms with Crippen LogP contribution in [-0.2, 0) is 11.8 Å². The number of methoxy groups -OCH3 is 1. The smallest absolute Gasteiger partial charge is 0.124 e. The van der Waals surface area contributed by atoms with Gasteiger partial charge in [0.05, 0.1) is 13.2 Å². The molecule has 0 radical (unpaired) electrons. The summed E-state index contributed by atoms with van der Waals surface area (Å²) < 4.78 is 5.49. The predicted octanol–water partition coefficient (Wildman–Crippen LogP) is 5.36. The largest absolute Gasteiger partial charge is 0.496 e. The number of benzene rings is 2. The van der Waals surface area contributed by atoms with E-state index in [1.807, 2.05) is 18.2 Å². The third-order valence-electron chi connectivity index (χ3n) is 4.29. The van der Waals surface area contributed by atoms with Crippen LogP contribution in [0.2, 0.25) is 5.02 Å². The van der Waals surface area contributed by atoms with E-state index in [0.717, 1.165) is 22.8 Å².